The number of urea groups is 1. The number of ether oxygens (including phenoxy) is 2. The van der Waals surface area contributed by atoms with Crippen LogP contribution in [0.3, 0.4) is 0 Å². The topological polar surface area (TPSA) is 54.0 Å². The Morgan fingerprint density at radius 1 is 1.07 bits per heavy atom. The number of hydrogen-bond acceptors (Lipinski definition) is 4. The summed E-state index contributed by atoms with van der Waals surface area (Å²) in [4.78, 5) is 16.7. The van der Waals surface area contributed by atoms with Crippen LogP contribution in [0.15, 0.2) is 18.2 Å². The minimum absolute atomic E-state index is 0.0171. The fourth-order valence-corrected chi connectivity index (χ4v) is 4.43. The number of carbonyl (C=O) groups excluding carboxylic acids is 1. The number of benzene rings is 1. The van der Waals surface area contributed by atoms with Gasteiger partial charge in [-0.25, -0.2) is 4.79 Å². The summed E-state index contributed by atoms with van der Waals surface area (Å²) in [6.45, 7) is 3.03. The average Bonchev–Trinajstić information content (AvgIpc) is 2.73. The number of hydrogen-bond donors (Lipinski definition) is 1. The summed E-state index contributed by atoms with van der Waals surface area (Å²) in [5.74, 6) is 0. The van der Waals surface area contributed by atoms with Crippen LogP contribution < -0.4 is 10.2 Å². The molecule has 9 heteroatoms. The number of amides is 2. The molecule has 3 aliphatic rings. The summed E-state index contributed by atoms with van der Waals surface area (Å²) >= 11 is 0. The Bertz CT molecular complexity index is 735. The minimum atomic E-state index is -4.48. The van der Waals surface area contributed by atoms with Crippen molar-refractivity contribution < 1.29 is 27.4 Å². The van der Waals surface area contributed by atoms with E-state index in [1.54, 1.807) is 4.90 Å². The summed E-state index contributed by atoms with van der Waals surface area (Å²) < 4.78 is 51.0. The molecule has 0 spiro atoms. The van der Waals surface area contributed by atoms with Gasteiger partial charge in [0, 0.05) is 19.6 Å². The van der Waals surface area contributed by atoms with Crippen molar-refractivity contribution in [1.82, 2.24) is 4.90 Å². The molecule has 0 unspecified atom stereocenters. The van der Waals surface area contributed by atoms with Crippen LogP contribution in [0.1, 0.15) is 31.2 Å². The summed E-state index contributed by atoms with van der Waals surface area (Å²) in [7, 11) is 0. The third kappa shape index (κ3) is 4.45. The molecule has 0 radical (unpaired) electrons. The van der Waals surface area contributed by atoms with Gasteiger partial charge < -0.3 is 24.6 Å². The molecule has 4 rings (SSSR count). The van der Waals surface area contributed by atoms with Gasteiger partial charge in [0.2, 0.25) is 0 Å². The highest BCUT2D eigenvalue weighted by Crippen LogP contribution is 2.36. The highest BCUT2D eigenvalue weighted by Gasteiger charge is 2.37. The van der Waals surface area contributed by atoms with E-state index in [1.807, 2.05) is 4.90 Å². The highest BCUT2D eigenvalue weighted by molar-refractivity contribution is 5.93. The van der Waals surface area contributed by atoms with Crippen LogP contribution in [-0.4, -0.2) is 62.5 Å². The van der Waals surface area contributed by atoms with Crippen molar-refractivity contribution in [2.24, 2.45) is 0 Å². The third-order valence-corrected chi connectivity index (χ3v) is 5.91. The predicted octanol–water partition coefficient (Wildman–Crippen LogP) is 3.72. The maximum atomic E-state index is 13.3. The molecule has 2 heterocycles. The molecule has 29 heavy (non-hydrogen) atoms. The van der Waals surface area contributed by atoms with Gasteiger partial charge in [-0.2, -0.15) is 13.2 Å². The van der Waals surface area contributed by atoms with E-state index in [0.717, 1.165) is 37.8 Å². The molecule has 1 aromatic carbocycles. The molecule has 1 N–H and O–H groups in total. The van der Waals surface area contributed by atoms with Gasteiger partial charge in [0.05, 0.1) is 48.9 Å². The number of morpholine rings is 2. The first kappa shape index (κ1) is 20.3. The van der Waals surface area contributed by atoms with Crippen LogP contribution >= 0.6 is 0 Å². The summed E-state index contributed by atoms with van der Waals surface area (Å²) in [5.41, 5.74) is -0.00369. The van der Waals surface area contributed by atoms with Crippen molar-refractivity contribution in [2.45, 2.75) is 44.0 Å². The van der Waals surface area contributed by atoms with Crippen molar-refractivity contribution in [1.29, 1.82) is 0 Å². The molecule has 2 aliphatic heterocycles. The fourth-order valence-electron chi connectivity index (χ4n) is 4.43. The Morgan fingerprint density at radius 2 is 1.83 bits per heavy atom. The monoisotopic (exact) mass is 413 g/mol. The molecule has 0 bridgehead atoms. The van der Waals surface area contributed by atoms with Gasteiger partial charge in [-0.15, -0.1) is 0 Å². The normalized spacial score (nSPS) is 25.5. The van der Waals surface area contributed by atoms with Crippen molar-refractivity contribution in [3.8, 4) is 0 Å². The van der Waals surface area contributed by atoms with Gasteiger partial charge in [0.15, 0.2) is 0 Å². The molecule has 160 valence electrons. The number of nitrogens with one attached hydrogen (secondary N) is 1. The number of nitrogens with zero attached hydrogens (tertiary/aromatic N) is 2. The molecule has 1 aromatic rings. The van der Waals surface area contributed by atoms with Crippen molar-refractivity contribution in [2.75, 3.05) is 49.7 Å². The minimum Gasteiger partial charge on any atom is -0.378 e. The third-order valence-electron chi connectivity index (χ3n) is 5.91. The number of rotatable bonds is 2. The lowest BCUT2D eigenvalue weighted by atomic mass is 9.90. The van der Waals surface area contributed by atoms with Crippen LogP contribution in [0.4, 0.5) is 29.3 Å². The Morgan fingerprint density at radius 3 is 2.59 bits per heavy atom. The van der Waals surface area contributed by atoms with Crippen molar-refractivity contribution in [3.63, 3.8) is 0 Å². The molecular formula is C20H26F3N3O3. The molecule has 1 saturated carbocycles. The Kier molecular flexibility index (Phi) is 5.87. The molecular weight excluding hydrogens is 387 g/mol. The van der Waals surface area contributed by atoms with Crippen LogP contribution in [0.25, 0.3) is 0 Å². The van der Waals surface area contributed by atoms with E-state index in [2.05, 4.69) is 5.32 Å². The quantitative estimate of drug-likeness (QED) is 0.803. The van der Waals surface area contributed by atoms with Gasteiger partial charge in [-0.05, 0) is 31.0 Å². The van der Waals surface area contributed by atoms with Crippen LogP contribution in [-0.2, 0) is 15.7 Å². The molecule has 2 atom stereocenters. The van der Waals surface area contributed by atoms with Crippen molar-refractivity contribution >= 4 is 17.4 Å². The van der Waals surface area contributed by atoms with Gasteiger partial charge in [0.1, 0.15) is 0 Å². The Hall–Kier alpha value is -2.00. The summed E-state index contributed by atoms with van der Waals surface area (Å²) in [6, 6.07) is 3.15. The zero-order valence-corrected chi connectivity index (χ0v) is 16.2. The fraction of sp³-hybridized carbons (Fsp3) is 0.650. The number of carbonyl (C=O) groups is 1. The SMILES string of the molecule is O=C(Nc1cc(C(F)(F)F)ccc1N1CCOCC1)N1CCO[C@@H]2CCCC[C@H]21. The van der Waals surface area contributed by atoms with Gasteiger partial charge in [-0.3, -0.25) is 0 Å². The first-order chi connectivity index (χ1) is 13.9. The smallest absolute Gasteiger partial charge is 0.378 e. The zero-order valence-electron chi connectivity index (χ0n) is 16.2. The van der Waals surface area contributed by atoms with E-state index in [1.165, 1.54) is 6.07 Å². The maximum absolute atomic E-state index is 13.3. The first-order valence-electron chi connectivity index (χ1n) is 10.2. The predicted molar refractivity (Wildman–Crippen MR) is 102 cm³/mol. The molecule has 6 nitrogen and oxygen atoms in total. The standard InChI is InChI=1S/C20H26F3N3O3/c21-20(22,23)14-5-6-16(25-7-10-28-11-8-25)15(13-14)24-19(27)26-9-12-29-18-4-2-1-3-17(18)26/h5-6,13,17-18H,1-4,7-12H2,(H,24,27)/t17-,18-/m1/s1. The molecule has 2 amide bonds. The van der Waals surface area contributed by atoms with Crippen LogP contribution in [0.2, 0.25) is 0 Å². The van der Waals surface area contributed by atoms with E-state index >= 15 is 0 Å². The van der Waals surface area contributed by atoms with Gasteiger partial charge >= 0.3 is 12.2 Å². The van der Waals surface area contributed by atoms with E-state index in [9.17, 15) is 18.0 Å². The maximum Gasteiger partial charge on any atom is 0.416 e. The lowest BCUT2D eigenvalue weighted by molar-refractivity contribution is -0.137. The second kappa shape index (κ2) is 8.39. The Balaban J connectivity index is 1.59. The largest absolute Gasteiger partial charge is 0.416 e. The van der Waals surface area contributed by atoms with E-state index in [4.69, 9.17) is 9.47 Å². The van der Waals surface area contributed by atoms with Crippen LogP contribution in [0, 0.1) is 0 Å². The van der Waals surface area contributed by atoms with Gasteiger partial charge in [0.25, 0.3) is 0 Å². The molecule has 3 fully saturated rings. The van der Waals surface area contributed by atoms with Gasteiger partial charge in [-0.1, -0.05) is 12.8 Å². The number of fused-ring (bicyclic) bond motifs is 1. The second-order valence-electron chi connectivity index (χ2n) is 7.71. The number of halogens is 3. The average molecular weight is 413 g/mol. The van der Waals surface area contributed by atoms with E-state index in [0.29, 0.717) is 45.1 Å². The number of alkyl halides is 3. The molecule has 0 aromatic heterocycles. The van der Waals surface area contributed by atoms with E-state index < -0.39 is 11.7 Å². The lowest BCUT2D eigenvalue weighted by Crippen LogP contribution is -2.56. The van der Waals surface area contributed by atoms with Crippen molar-refractivity contribution in [3.05, 3.63) is 23.8 Å². The van der Waals surface area contributed by atoms with Crippen LogP contribution in [0.5, 0.6) is 0 Å². The zero-order chi connectivity index (χ0) is 20.4. The molecule has 1 aliphatic carbocycles. The van der Waals surface area contributed by atoms with E-state index in [-0.39, 0.29) is 23.9 Å². The second-order valence-corrected chi connectivity index (χ2v) is 7.71. The lowest BCUT2D eigenvalue weighted by Gasteiger charge is -2.43. The first-order valence-corrected chi connectivity index (χ1v) is 10.2. The summed E-state index contributed by atoms with van der Waals surface area (Å²) in [5, 5.41) is 2.77. The Labute approximate surface area is 167 Å². The number of anilines is 2. The highest BCUT2D eigenvalue weighted by atomic mass is 19.4. The molecule has 2 saturated heterocycles. The summed E-state index contributed by atoms with van der Waals surface area (Å²) in [6.07, 6.45) is -0.587.